The zero-order valence-electron chi connectivity index (χ0n) is 9.72. The molecule has 4 heteroatoms. The molecule has 0 saturated heterocycles. The normalized spacial score (nSPS) is 13.9. The van der Waals surface area contributed by atoms with Crippen molar-refractivity contribution in [1.82, 2.24) is 5.32 Å². The Morgan fingerprint density at radius 2 is 2.00 bits per heavy atom. The lowest BCUT2D eigenvalue weighted by Crippen LogP contribution is -2.33. The minimum Gasteiger partial charge on any atom is -0.388 e. The van der Waals surface area contributed by atoms with E-state index in [1.807, 2.05) is 0 Å². The number of hydrogen-bond acceptors (Lipinski definition) is 2. The Kier molecular flexibility index (Phi) is 3.99. The van der Waals surface area contributed by atoms with Crippen molar-refractivity contribution >= 4 is 0 Å². The van der Waals surface area contributed by atoms with Crippen LogP contribution in [0.3, 0.4) is 0 Å². The number of halogens is 2. The van der Waals surface area contributed by atoms with Crippen molar-refractivity contribution in [2.45, 2.75) is 20.0 Å². The average molecular weight is 229 g/mol. The van der Waals surface area contributed by atoms with Gasteiger partial charge in [0.15, 0.2) is 0 Å². The molecule has 2 N–H and O–H groups in total. The van der Waals surface area contributed by atoms with Crippen molar-refractivity contribution in [3.63, 3.8) is 0 Å². The van der Waals surface area contributed by atoms with Gasteiger partial charge in [-0.05, 0) is 25.2 Å². The van der Waals surface area contributed by atoms with Gasteiger partial charge in [0.2, 0.25) is 0 Å². The Morgan fingerprint density at radius 1 is 1.38 bits per heavy atom. The molecule has 0 aliphatic carbocycles. The molecule has 16 heavy (non-hydrogen) atoms. The van der Waals surface area contributed by atoms with Crippen molar-refractivity contribution < 1.29 is 13.9 Å². The van der Waals surface area contributed by atoms with Crippen LogP contribution in [0, 0.1) is 17.0 Å². The van der Waals surface area contributed by atoms with E-state index in [9.17, 15) is 13.9 Å². The zero-order chi connectivity index (χ0) is 12.3. The Bertz CT molecular complexity index is 366. The largest absolute Gasteiger partial charge is 0.388 e. The van der Waals surface area contributed by atoms with Gasteiger partial charge in [0.25, 0.3) is 0 Å². The smallest absolute Gasteiger partial charge is 0.129 e. The fraction of sp³-hybridized carbons (Fsp3) is 0.500. The van der Waals surface area contributed by atoms with E-state index in [1.54, 1.807) is 20.9 Å². The summed E-state index contributed by atoms with van der Waals surface area (Å²) in [5.41, 5.74) is -0.566. The quantitative estimate of drug-likeness (QED) is 0.830. The maximum absolute atomic E-state index is 13.4. The van der Waals surface area contributed by atoms with Gasteiger partial charge >= 0.3 is 0 Å². The Hall–Kier alpha value is -1.00. The molecule has 0 fully saturated rings. The van der Waals surface area contributed by atoms with E-state index in [4.69, 9.17) is 0 Å². The van der Waals surface area contributed by atoms with E-state index in [2.05, 4.69) is 5.32 Å². The predicted molar refractivity (Wildman–Crippen MR) is 59.0 cm³/mol. The molecular weight excluding hydrogens is 212 g/mol. The van der Waals surface area contributed by atoms with Crippen LogP contribution in [-0.2, 0) is 0 Å². The highest BCUT2D eigenvalue weighted by Gasteiger charge is 2.30. The van der Waals surface area contributed by atoms with Gasteiger partial charge in [-0.2, -0.15) is 0 Å². The first kappa shape index (κ1) is 13.1. The van der Waals surface area contributed by atoms with Crippen LogP contribution in [0.5, 0.6) is 0 Å². The third-order valence-corrected chi connectivity index (χ3v) is 2.63. The lowest BCUT2D eigenvalue weighted by molar-refractivity contribution is 0.0473. The molecule has 1 atom stereocenters. The van der Waals surface area contributed by atoms with Crippen molar-refractivity contribution in [3.8, 4) is 0 Å². The summed E-state index contributed by atoms with van der Waals surface area (Å²) in [6, 6.07) is 3.11. The fourth-order valence-corrected chi connectivity index (χ4v) is 1.70. The van der Waals surface area contributed by atoms with Gasteiger partial charge in [-0.15, -0.1) is 0 Å². The van der Waals surface area contributed by atoms with Crippen molar-refractivity contribution in [3.05, 3.63) is 35.4 Å². The number of rotatable bonds is 4. The molecule has 0 heterocycles. The topological polar surface area (TPSA) is 32.3 Å². The highest BCUT2D eigenvalue weighted by molar-refractivity contribution is 5.22. The van der Waals surface area contributed by atoms with Crippen LogP contribution in [0.25, 0.3) is 0 Å². The molecule has 0 spiro atoms. The van der Waals surface area contributed by atoms with Gasteiger partial charge in [-0.3, -0.25) is 0 Å². The van der Waals surface area contributed by atoms with Gasteiger partial charge in [-0.1, -0.05) is 13.8 Å². The van der Waals surface area contributed by atoms with Crippen LogP contribution in [0.4, 0.5) is 8.78 Å². The summed E-state index contributed by atoms with van der Waals surface area (Å²) in [7, 11) is 1.75. The Balaban J connectivity index is 3.03. The molecule has 0 aliphatic rings. The molecule has 0 aromatic heterocycles. The van der Waals surface area contributed by atoms with Crippen molar-refractivity contribution in [2.75, 3.05) is 13.6 Å². The van der Waals surface area contributed by atoms with Crippen LogP contribution in [-0.4, -0.2) is 18.7 Å². The second kappa shape index (κ2) is 4.89. The molecule has 0 bridgehead atoms. The van der Waals surface area contributed by atoms with Crippen LogP contribution in [0.1, 0.15) is 25.5 Å². The van der Waals surface area contributed by atoms with E-state index < -0.39 is 23.2 Å². The number of hydrogen-bond donors (Lipinski definition) is 2. The molecule has 0 amide bonds. The number of benzene rings is 1. The lowest BCUT2D eigenvalue weighted by atomic mass is 9.82. The van der Waals surface area contributed by atoms with Crippen LogP contribution in [0.15, 0.2) is 18.2 Å². The summed E-state index contributed by atoms with van der Waals surface area (Å²) < 4.78 is 26.4. The zero-order valence-corrected chi connectivity index (χ0v) is 9.72. The maximum Gasteiger partial charge on any atom is 0.129 e. The van der Waals surface area contributed by atoms with E-state index in [-0.39, 0.29) is 5.56 Å². The monoisotopic (exact) mass is 229 g/mol. The molecule has 1 rings (SSSR count). The van der Waals surface area contributed by atoms with Gasteiger partial charge in [0.05, 0.1) is 6.10 Å². The molecule has 2 nitrogen and oxygen atoms in total. The summed E-state index contributed by atoms with van der Waals surface area (Å²) >= 11 is 0. The van der Waals surface area contributed by atoms with Gasteiger partial charge in [0.1, 0.15) is 11.6 Å². The lowest BCUT2D eigenvalue weighted by Gasteiger charge is -2.30. The average Bonchev–Trinajstić information content (AvgIpc) is 2.20. The Labute approximate surface area is 94.3 Å². The third kappa shape index (κ3) is 2.77. The first-order valence-electron chi connectivity index (χ1n) is 5.16. The van der Waals surface area contributed by atoms with Crippen molar-refractivity contribution in [2.24, 2.45) is 5.41 Å². The number of aliphatic hydroxyl groups is 1. The SMILES string of the molecule is CNCC(C)(C)C(O)c1cc(F)ccc1F. The fourth-order valence-electron chi connectivity index (χ4n) is 1.70. The Morgan fingerprint density at radius 3 is 2.56 bits per heavy atom. The summed E-state index contributed by atoms with van der Waals surface area (Å²) in [5.74, 6) is -1.13. The second-order valence-corrected chi connectivity index (χ2v) is 4.59. The first-order valence-corrected chi connectivity index (χ1v) is 5.16. The minimum absolute atomic E-state index is 0.000231. The second-order valence-electron chi connectivity index (χ2n) is 4.59. The highest BCUT2D eigenvalue weighted by Crippen LogP contribution is 2.34. The van der Waals surface area contributed by atoms with E-state index in [0.717, 1.165) is 18.2 Å². The van der Waals surface area contributed by atoms with E-state index in [1.165, 1.54) is 0 Å². The molecular formula is C12H17F2NO. The van der Waals surface area contributed by atoms with Crippen LogP contribution >= 0.6 is 0 Å². The summed E-state index contributed by atoms with van der Waals surface area (Å²) in [5, 5.41) is 13.0. The minimum atomic E-state index is -1.05. The third-order valence-electron chi connectivity index (χ3n) is 2.63. The van der Waals surface area contributed by atoms with Gasteiger partial charge < -0.3 is 10.4 Å². The summed E-state index contributed by atoms with van der Waals surface area (Å²) in [6.45, 7) is 4.08. The highest BCUT2D eigenvalue weighted by atomic mass is 19.1. The number of nitrogens with one attached hydrogen (secondary N) is 1. The molecule has 0 radical (unpaired) electrons. The van der Waals surface area contributed by atoms with Crippen LogP contribution < -0.4 is 5.32 Å². The predicted octanol–water partition coefficient (Wildman–Crippen LogP) is 2.24. The van der Waals surface area contributed by atoms with E-state index in [0.29, 0.717) is 6.54 Å². The van der Waals surface area contributed by atoms with Crippen LogP contribution in [0.2, 0.25) is 0 Å². The molecule has 1 unspecified atom stereocenters. The van der Waals surface area contributed by atoms with Gasteiger partial charge in [-0.25, -0.2) is 8.78 Å². The molecule has 1 aromatic carbocycles. The molecule has 90 valence electrons. The summed E-state index contributed by atoms with van der Waals surface area (Å²) in [6.07, 6.45) is -1.05. The van der Waals surface area contributed by atoms with Gasteiger partial charge in [0, 0.05) is 17.5 Å². The molecule has 0 saturated carbocycles. The molecule has 0 aliphatic heterocycles. The molecule has 1 aromatic rings. The maximum atomic E-state index is 13.4. The van der Waals surface area contributed by atoms with Crippen molar-refractivity contribution in [1.29, 1.82) is 0 Å². The number of aliphatic hydroxyl groups excluding tert-OH is 1. The van der Waals surface area contributed by atoms with E-state index >= 15 is 0 Å². The summed E-state index contributed by atoms with van der Waals surface area (Å²) in [4.78, 5) is 0. The first-order chi connectivity index (χ1) is 7.38. The standard InChI is InChI=1S/C12H17F2NO/c1-12(2,7-15-3)11(16)9-6-8(13)4-5-10(9)14/h4-6,11,15-16H,7H2,1-3H3.